The lowest BCUT2D eigenvalue weighted by Gasteiger charge is -2.28. The second-order valence-electron chi connectivity index (χ2n) is 6.76. The number of primary amides is 1. The summed E-state index contributed by atoms with van der Waals surface area (Å²) >= 11 is 0. The molecule has 1 aliphatic heterocycles. The Morgan fingerprint density at radius 1 is 1.32 bits per heavy atom. The van der Waals surface area contributed by atoms with Crippen LogP contribution in [0.5, 0.6) is 0 Å². The Kier molecular flexibility index (Phi) is 2.41. The molecule has 1 heterocycles. The van der Waals surface area contributed by atoms with Gasteiger partial charge in [-0.3, -0.25) is 14.9 Å². The van der Waals surface area contributed by atoms with Crippen LogP contribution in [0.2, 0.25) is 0 Å². The minimum atomic E-state index is -1.81. The van der Waals surface area contributed by atoms with Crippen LogP contribution in [0.25, 0.3) is 0 Å². The van der Waals surface area contributed by atoms with Gasteiger partial charge in [-0.2, -0.15) is 0 Å². The highest BCUT2D eigenvalue weighted by molar-refractivity contribution is 5.90. The van der Waals surface area contributed by atoms with Gasteiger partial charge in [0.15, 0.2) is 5.67 Å². The number of rotatable bonds is 4. The molecule has 0 unspecified atom stereocenters. The third-order valence-corrected chi connectivity index (χ3v) is 5.83. The molecular formula is C16H17FN2O3. The topological polar surface area (TPSA) is 92.4 Å². The molecule has 116 valence electrons. The van der Waals surface area contributed by atoms with E-state index in [0.29, 0.717) is 18.4 Å². The molecule has 0 radical (unpaired) electrons. The smallest absolute Gasteiger partial charge is 0.320 e. The number of carboxylic acids is 1. The molecule has 2 saturated carbocycles. The van der Waals surface area contributed by atoms with Gasteiger partial charge in [-0.25, -0.2) is 4.39 Å². The molecule has 1 aromatic rings. The number of aliphatic carboxylic acids is 1. The lowest BCUT2D eigenvalue weighted by atomic mass is 9.85. The predicted octanol–water partition coefficient (Wildman–Crippen LogP) is 0.932. The van der Waals surface area contributed by atoms with Crippen LogP contribution in [-0.4, -0.2) is 28.6 Å². The van der Waals surface area contributed by atoms with E-state index < -0.39 is 34.5 Å². The largest absolute Gasteiger partial charge is 0.480 e. The van der Waals surface area contributed by atoms with Crippen molar-refractivity contribution in [2.24, 2.45) is 17.1 Å². The molecule has 4 N–H and O–H groups in total. The summed E-state index contributed by atoms with van der Waals surface area (Å²) in [5, 5.41) is 12.2. The van der Waals surface area contributed by atoms with E-state index in [-0.39, 0.29) is 12.3 Å². The Bertz CT molecular complexity index is 681. The van der Waals surface area contributed by atoms with Crippen molar-refractivity contribution < 1.29 is 19.1 Å². The molecule has 22 heavy (non-hydrogen) atoms. The van der Waals surface area contributed by atoms with E-state index in [4.69, 9.17) is 10.8 Å². The average molecular weight is 304 g/mol. The molecule has 0 spiro atoms. The molecule has 1 aromatic carbocycles. The maximum absolute atomic E-state index is 15.6. The number of carbonyl (C=O) groups is 2. The highest BCUT2D eigenvalue weighted by atomic mass is 19.1. The molecule has 0 bridgehead atoms. The third kappa shape index (κ3) is 1.36. The van der Waals surface area contributed by atoms with Crippen molar-refractivity contribution in [1.29, 1.82) is 0 Å². The van der Waals surface area contributed by atoms with Crippen molar-refractivity contribution >= 4 is 11.9 Å². The van der Waals surface area contributed by atoms with Crippen LogP contribution in [0.3, 0.4) is 0 Å². The average Bonchev–Trinajstić information content (AvgIpc) is 3.33. The predicted molar refractivity (Wildman–Crippen MR) is 75.5 cm³/mol. The van der Waals surface area contributed by atoms with Gasteiger partial charge in [0.1, 0.15) is 11.5 Å². The minimum Gasteiger partial charge on any atom is -0.480 e. The summed E-state index contributed by atoms with van der Waals surface area (Å²) in [6.07, 6.45) is 1.06. The summed E-state index contributed by atoms with van der Waals surface area (Å²) in [6.45, 7) is 0. The molecule has 2 aliphatic carbocycles. The van der Waals surface area contributed by atoms with Crippen molar-refractivity contribution in [3.63, 3.8) is 0 Å². The van der Waals surface area contributed by atoms with E-state index >= 15 is 4.39 Å². The van der Waals surface area contributed by atoms with Gasteiger partial charge in [-0.1, -0.05) is 30.3 Å². The van der Waals surface area contributed by atoms with E-state index in [1.54, 1.807) is 30.3 Å². The Hall–Kier alpha value is -1.95. The SMILES string of the molecule is NC(=O)[C@]1([C@]23C[C@@H]2C[C@@H](C(=O)O)N3)C[C@@]1(F)c1ccccc1. The first-order chi connectivity index (χ1) is 10.4. The second kappa shape index (κ2) is 3.87. The first-order valence-electron chi connectivity index (χ1n) is 7.42. The molecule has 3 fully saturated rings. The molecule has 0 aromatic heterocycles. The Balaban J connectivity index is 1.74. The number of nitrogens with one attached hydrogen (secondary N) is 1. The number of carbonyl (C=O) groups excluding carboxylic acids is 1. The Labute approximate surface area is 126 Å². The molecule has 3 aliphatic rings. The zero-order valence-electron chi connectivity index (χ0n) is 11.9. The number of nitrogens with two attached hydrogens (primary N) is 1. The second-order valence-corrected chi connectivity index (χ2v) is 6.76. The van der Waals surface area contributed by atoms with Crippen molar-refractivity contribution in [2.45, 2.75) is 36.5 Å². The highest BCUT2D eigenvalue weighted by Gasteiger charge is 2.88. The number of carboxylic acid groups (broad SMARTS) is 1. The lowest BCUT2D eigenvalue weighted by molar-refractivity contribution is -0.140. The number of hydrogen-bond donors (Lipinski definition) is 3. The summed E-state index contributed by atoms with van der Waals surface area (Å²) < 4.78 is 15.6. The maximum atomic E-state index is 15.6. The summed E-state index contributed by atoms with van der Waals surface area (Å²) in [5.74, 6) is -1.64. The fraction of sp³-hybridized carbons (Fsp3) is 0.500. The van der Waals surface area contributed by atoms with Crippen molar-refractivity contribution in [3.05, 3.63) is 35.9 Å². The number of halogens is 1. The van der Waals surface area contributed by atoms with Gasteiger partial charge >= 0.3 is 5.97 Å². The third-order valence-electron chi connectivity index (χ3n) is 5.83. The van der Waals surface area contributed by atoms with Crippen molar-refractivity contribution in [1.82, 2.24) is 5.32 Å². The van der Waals surface area contributed by atoms with Crippen LogP contribution < -0.4 is 11.1 Å². The van der Waals surface area contributed by atoms with Crippen LogP contribution in [0.1, 0.15) is 24.8 Å². The maximum Gasteiger partial charge on any atom is 0.320 e. The van der Waals surface area contributed by atoms with E-state index in [1.165, 1.54) is 0 Å². The number of hydrogen-bond acceptors (Lipinski definition) is 3. The molecule has 5 atom stereocenters. The zero-order chi connectivity index (χ0) is 15.8. The van der Waals surface area contributed by atoms with Gasteiger partial charge in [0, 0.05) is 12.0 Å². The summed E-state index contributed by atoms with van der Waals surface area (Å²) in [6, 6.07) is 7.82. The van der Waals surface area contributed by atoms with Gasteiger partial charge < -0.3 is 10.8 Å². The summed E-state index contributed by atoms with van der Waals surface area (Å²) in [5.41, 5.74) is 2.09. The number of alkyl halides is 1. The van der Waals surface area contributed by atoms with Gasteiger partial charge in [0.05, 0.1) is 0 Å². The Morgan fingerprint density at radius 2 is 2.00 bits per heavy atom. The van der Waals surface area contributed by atoms with Crippen molar-refractivity contribution in [2.75, 3.05) is 0 Å². The monoisotopic (exact) mass is 304 g/mol. The molecule has 6 heteroatoms. The fourth-order valence-corrected chi connectivity index (χ4v) is 4.64. The van der Waals surface area contributed by atoms with Crippen LogP contribution in [0, 0.1) is 11.3 Å². The van der Waals surface area contributed by atoms with Gasteiger partial charge in [-0.05, 0) is 24.3 Å². The van der Waals surface area contributed by atoms with E-state index in [0.717, 1.165) is 0 Å². The molecule has 4 rings (SSSR count). The zero-order valence-corrected chi connectivity index (χ0v) is 11.9. The summed E-state index contributed by atoms with van der Waals surface area (Å²) in [4.78, 5) is 23.3. The molecule has 5 nitrogen and oxygen atoms in total. The number of amides is 1. The van der Waals surface area contributed by atoms with Crippen molar-refractivity contribution in [3.8, 4) is 0 Å². The molecule has 1 amide bonds. The lowest BCUT2D eigenvalue weighted by Crippen LogP contribution is -2.52. The van der Waals surface area contributed by atoms with Gasteiger partial charge in [0.25, 0.3) is 0 Å². The standard InChI is InChI=1S/C16H17FN2O3/c17-15(9-4-2-1-3-5-9)8-14(15,13(18)22)16-7-10(16)6-11(19-16)12(20)21/h1-5,10-11,19H,6-8H2,(H2,18,22)(H,20,21)/t10-,11-,14+,15+,16-/m0/s1. The number of fused-ring (bicyclic) bond motifs is 1. The number of piperidine rings is 1. The van der Waals surface area contributed by atoms with Crippen LogP contribution in [0.4, 0.5) is 4.39 Å². The first kappa shape index (κ1) is 13.7. The van der Waals surface area contributed by atoms with E-state index in [2.05, 4.69) is 5.32 Å². The first-order valence-corrected chi connectivity index (χ1v) is 7.42. The van der Waals surface area contributed by atoms with Crippen LogP contribution in [0.15, 0.2) is 30.3 Å². The quantitative estimate of drug-likeness (QED) is 0.771. The highest BCUT2D eigenvalue weighted by Crippen LogP contribution is 2.79. The van der Waals surface area contributed by atoms with Gasteiger partial charge in [0.2, 0.25) is 5.91 Å². The van der Waals surface area contributed by atoms with Crippen LogP contribution in [-0.2, 0) is 15.3 Å². The minimum absolute atomic E-state index is 0.00226. The van der Waals surface area contributed by atoms with Gasteiger partial charge in [-0.15, -0.1) is 0 Å². The van der Waals surface area contributed by atoms with E-state index in [1.807, 2.05) is 0 Å². The molecular weight excluding hydrogens is 287 g/mol. The molecule has 1 saturated heterocycles. The number of benzene rings is 1. The van der Waals surface area contributed by atoms with E-state index in [9.17, 15) is 9.59 Å². The fourth-order valence-electron chi connectivity index (χ4n) is 4.64. The Morgan fingerprint density at radius 3 is 2.55 bits per heavy atom. The summed E-state index contributed by atoms with van der Waals surface area (Å²) in [7, 11) is 0. The normalized spacial score (nSPS) is 45.1. The van der Waals surface area contributed by atoms with Crippen LogP contribution >= 0.6 is 0 Å².